The first kappa shape index (κ1) is 10.9. The molecule has 0 atom stereocenters. The molecule has 19 heavy (non-hydrogen) atoms. The van der Waals surface area contributed by atoms with E-state index in [1.54, 1.807) is 17.7 Å². The fourth-order valence-corrected chi connectivity index (χ4v) is 3.62. The van der Waals surface area contributed by atoms with Crippen LogP contribution in [0.1, 0.15) is 0 Å². The third kappa shape index (κ3) is 1.78. The van der Waals surface area contributed by atoms with Crippen LogP contribution in [0.3, 0.4) is 0 Å². The number of nitrogens with zero attached hydrogens (tertiary/aromatic N) is 5. The minimum atomic E-state index is 0.809. The molecule has 0 spiro atoms. The highest BCUT2D eigenvalue weighted by atomic mass is 32.2. The van der Waals surface area contributed by atoms with Gasteiger partial charge in [-0.3, -0.25) is 4.40 Å². The molecule has 0 aliphatic carbocycles. The standard InChI is InChI=1S/C12H7N5S2/c1-2-5-17-9(3-1)15-16-12(17)19-11-10-8(4-6-18-10)13-7-14-11/h1-7H. The smallest absolute Gasteiger partial charge is 0.201 e. The summed E-state index contributed by atoms with van der Waals surface area (Å²) in [5.41, 5.74) is 1.80. The molecule has 0 radical (unpaired) electrons. The number of hydrogen-bond acceptors (Lipinski definition) is 6. The summed E-state index contributed by atoms with van der Waals surface area (Å²) < 4.78 is 3.03. The van der Waals surface area contributed by atoms with Crippen LogP contribution in [0.15, 0.2) is 52.4 Å². The lowest BCUT2D eigenvalue weighted by atomic mass is 10.5. The van der Waals surface area contributed by atoms with Crippen molar-refractivity contribution in [1.82, 2.24) is 24.6 Å². The molecule has 0 N–H and O–H groups in total. The van der Waals surface area contributed by atoms with Crippen molar-refractivity contribution in [2.45, 2.75) is 10.2 Å². The lowest BCUT2D eigenvalue weighted by molar-refractivity contribution is 0.918. The number of fused-ring (bicyclic) bond motifs is 2. The highest BCUT2D eigenvalue weighted by molar-refractivity contribution is 7.99. The topological polar surface area (TPSA) is 56.0 Å². The van der Waals surface area contributed by atoms with Gasteiger partial charge in [0.15, 0.2) is 5.65 Å². The molecule has 4 aromatic rings. The molecule has 0 bridgehead atoms. The Morgan fingerprint density at radius 2 is 2.11 bits per heavy atom. The monoisotopic (exact) mass is 285 g/mol. The van der Waals surface area contributed by atoms with Crippen LogP contribution >= 0.6 is 23.1 Å². The lowest BCUT2D eigenvalue weighted by Gasteiger charge is -1.99. The first-order chi connectivity index (χ1) is 9.42. The van der Waals surface area contributed by atoms with Gasteiger partial charge >= 0.3 is 0 Å². The van der Waals surface area contributed by atoms with Gasteiger partial charge in [0.1, 0.15) is 11.4 Å². The van der Waals surface area contributed by atoms with Crippen LogP contribution in [0.4, 0.5) is 0 Å². The van der Waals surface area contributed by atoms with E-state index in [-0.39, 0.29) is 0 Å². The Kier molecular flexibility index (Phi) is 2.46. The Bertz CT molecular complexity index is 866. The highest BCUT2D eigenvalue weighted by Gasteiger charge is 2.11. The summed E-state index contributed by atoms with van der Waals surface area (Å²) in [4.78, 5) is 8.58. The Labute approximate surface area is 116 Å². The van der Waals surface area contributed by atoms with Crippen LogP contribution in [0.2, 0.25) is 0 Å². The van der Waals surface area contributed by atoms with E-state index in [9.17, 15) is 0 Å². The van der Waals surface area contributed by atoms with Crippen molar-refractivity contribution in [2.24, 2.45) is 0 Å². The number of rotatable bonds is 2. The summed E-state index contributed by atoms with van der Waals surface area (Å²) in [6.07, 6.45) is 3.53. The fourth-order valence-electron chi connectivity index (χ4n) is 1.81. The predicted octanol–water partition coefficient (Wildman–Crippen LogP) is 2.89. The van der Waals surface area contributed by atoms with E-state index in [2.05, 4.69) is 20.2 Å². The second kappa shape index (κ2) is 4.29. The molecule has 0 aliphatic heterocycles. The van der Waals surface area contributed by atoms with E-state index >= 15 is 0 Å². The van der Waals surface area contributed by atoms with E-state index < -0.39 is 0 Å². The number of aromatic nitrogens is 5. The van der Waals surface area contributed by atoms with Gasteiger partial charge in [-0.15, -0.1) is 21.5 Å². The molecule has 0 fully saturated rings. The molecular weight excluding hydrogens is 278 g/mol. The average Bonchev–Trinajstić information content (AvgIpc) is 3.06. The van der Waals surface area contributed by atoms with Crippen LogP contribution in [-0.2, 0) is 0 Å². The van der Waals surface area contributed by atoms with Crippen molar-refractivity contribution >= 4 is 39.0 Å². The summed E-state index contributed by atoms with van der Waals surface area (Å²) in [5.74, 6) is 0. The second-order valence-corrected chi connectivity index (χ2v) is 5.70. The fraction of sp³-hybridized carbons (Fsp3) is 0. The molecule has 7 heteroatoms. The molecule has 4 rings (SSSR count). The maximum absolute atomic E-state index is 4.34. The minimum absolute atomic E-state index is 0.809. The summed E-state index contributed by atoms with van der Waals surface area (Å²) in [6.45, 7) is 0. The van der Waals surface area contributed by atoms with E-state index in [4.69, 9.17) is 0 Å². The van der Waals surface area contributed by atoms with Crippen molar-refractivity contribution in [1.29, 1.82) is 0 Å². The molecule has 0 aromatic carbocycles. The highest BCUT2D eigenvalue weighted by Crippen LogP contribution is 2.32. The summed E-state index contributed by atoms with van der Waals surface area (Å²) >= 11 is 3.14. The molecule has 0 amide bonds. The molecule has 4 heterocycles. The van der Waals surface area contributed by atoms with Crippen LogP contribution in [0.25, 0.3) is 15.9 Å². The van der Waals surface area contributed by atoms with E-state index in [0.717, 1.165) is 26.0 Å². The minimum Gasteiger partial charge on any atom is -0.277 e. The van der Waals surface area contributed by atoms with Crippen LogP contribution in [0.5, 0.6) is 0 Å². The van der Waals surface area contributed by atoms with Crippen LogP contribution < -0.4 is 0 Å². The zero-order valence-electron chi connectivity index (χ0n) is 9.59. The largest absolute Gasteiger partial charge is 0.277 e. The van der Waals surface area contributed by atoms with E-state index in [1.165, 1.54) is 11.8 Å². The summed E-state index contributed by atoms with van der Waals surface area (Å²) in [6, 6.07) is 7.83. The van der Waals surface area contributed by atoms with E-state index in [0.29, 0.717) is 0 Å². The molecule has 0 saturated carbocycles. The predicted molar refractivity (Wildman–Crippen MR) is 74.5 cm³/mol. The molecule has 92 valence electrons. The SMILES string of the molecule is c1ccn2c(Sc3ncnc4ccsc34)nnc2c1. The van der Waals surface area contributed by atoms with E-state index in [1.807, 2.05) is 40.2 Å². The first-order valence-corrected chi connectivity index (χ1v) is 7.27. The zero-order valence-corrected chi connectivity index (χ0v) is 11.2. The van der Waals surface area contributed by atoms with Gasteiger partial charge in [0.2, 0.25) is 5.16 Å². The van der Waals surface area contributed by atoms with Crippen molar-refractivity contribution in [3.63, 3.8) is 0 Å². The molecule has 4 aromatic heterocycles. The van der Waals surface area contributed by atoms with Crippen molar-refractivity contribution in [3.05, 3.63) is 42.2 Å². The lowest BCUT2D eigenvalue weighted by Crippen LogP contribution is -1.88. The van der Waals surface area contributed by atoms with Gasteiger partial charge in [0.25, 0.3) is 0 Å². The van der Waals surface area contributed by atoms with Crippen molar-refractivity contribution in [3.8, 4) is 0 Å². The first-order valence-electron chi connectivity index (χ1n) is 5.57. The molecule has 0 aliphatic rings. The van der Waals surface area contributed by atoms with Crippen LogP contribution in [-0.4, -0.2) is 24.6 Å². The average molecular weight is 285 g/mol. The van der Waals surface area contributed by atoms with Gasteiger partial charge in [0, 0.05) is 6.20 Å². The third-order valence-electron chi connectivity index (χ3n) is 2.68. The summed E-state index contributed by atoms with van der Waals surface area (Å²) in [5, 5.41) is 12.1. The molecule has 0 saturated heterocycles. The van der Waals surface area contributed by atoms with Gasteiger partial charge in [-0.1, -0.05) is 6.07 Å². The Hall–Kier alpha value is -1.99. The maximum Gasteiger partial charge on any atom is 0.201 e. The van der Waals surface area contributed by atoms with Crippen LogP contribution in [0, 0.1) is 0 Å². The number of hydrogen-bond donors (Lipinski definition) is 0. The molecule has 5 nitrogen and oxygen atoms in total. The van der Waals surface area contributed by atoms with Gasteiger partial charge in [-0.2, -0.15) is 0 Å². The molecular formula is C12H7N5S2. The van der Waals surface area contributed by atoms with Gasteiger partial charge in [0.05, 0.1) is 10.2 Å². The Morgan fingerprint density at radius 1 is 1.11 bits per heavy atom. The van der Waals surface area contributed by atoms with Gasteiger partial charge in [-0.25, -0.2) is 9.97 Å². The normalized spacial score (nSPS) is 11.4. The van der Waals surface area contributed by atoms with Gasteiger partial charge in [-0.05, 0) is 35.3 Å². The number of pyridine rings is 1. The number of thiophene rings is 1. The Balaban J connectivity index is 1.84. The third-order valence-corrected chi connectivity index (χ3v) is 4.68. The zero-order chi connectivity index (χ0) is 12.7. The van der Waals surface area contributed by atoms with Crippen molar-refractivity contribution < 1.29 is 0 Å². The second-order valence-electron chi connectivity index (χ2n) is 3.83. The molecule has 0 unspecified atom stereocenters. The maximum atomic E-state index is 4.34. The quantitative estimate of drug-likeness (QED) is 0.530. The van der Waals surface area contributed by atoms with Gasteiger partial charge < -0.3 is 0 Å². The Morgan fingerprint density at radius 3 is 3.11 bits per heavy atom. The van der Waals surface area contributed by atoms with Crippen molar-refractivity contribution in [2.75, 3.05) is 0 Å². The summed E-state index contributed by atoms with van der Waals surface area (Å²) in [7, 11) is 0.